The van der Waals surface area contributed by atoms with Crippen LogP contribution in [-0.2, 0) is 14.8 Å². The third-order valence-electron chi connectivity index (χ3n) is 5.44. The van der Waals surface area contributed by atoms with Crippen molar-refractivity contribution in [2.45, 2.75) is 53.6 Å². The molecule has 31 heavy (non-hydrogen) atoms. The number of anilines is 1. The van der Waals surface area contributed by atoms with Crippen LogP contribution in [0.2, 0.25) is 0 Å². The zero-order valence-corrected chi connectivity index (χ0v) is 19.7. The number of aryl methyl sites for hydroxylation is 4. The van der Waals surface area contributed by atoms with Crippen molar-refractivity contribution in [3.05, 3.63) is 68.3 Å². The van der Waals surface area contributed by atoms with Crippen molar-refractivity contribution in [3.63, 3.8) is 0 Å². The van der Waals surface area contributed by atoms with E-state index >= 15 is 0 Å². The fourth-order valence-corrected chi connectivity index (χ4v) is 4.82. The normalized spacial score (nSPS) is 13.4. The lowest BCUT2D eigenvalue weighted by Gasteiger charge is -2.30. The van der Waals surface area contributed by atoms with Crippen LogP contribution in [0.4, 0.5) is 11.4 Å². The van der Waals surface area contributed by atoms with E-state index in [1.807, 2.05) is 39.8 Å². The predicted octanol–water partition coefficient (Wildman–Crippen LogP) is 3.86. The monoisotopic (exact) mass is 447 g/mol. The van der Waals surface area contributed by atoms with E-state index in [1.165, 1.54) is 25.1 Å². The largest absolute Gasteiger partial charge is 0.348 e. The molecule has 2 atom stereocenters. The second-order valence-electron chi connectivity index (χ2n) is 7.99. The van der Waals surface area contributed by atoms with Gasteiger partial charge in [0.2, 0.25) is 15.9 Å². The lowest BCUT2D eigenvalue weighted by molar-refractivity contribution is -0.384. The minimum Gasteiger partial charge on any atom is -0.348 e. The lowest BCUT2D eigenvalue weighted by atomic mass is 9.96. The van der Waals surface area contributed by atoms with Crippen LogP contribution in [0.15, 0.2) is 30.3 Å². The number of amides is 1. The quantitative estimate of drug-likeness (QED) is 0.512. The van der Waals surface area contributed by atoms with Crippen molar-refractivity contribution in [2.24, 2.45) is 0 Å². The van der Waals surface area contributed by atoms with Gasteiger partial charge in [-0.3, -0.25) is 19.2 Å². The van der Waals surface area contributed by atoms with E-state index in [0.29, 0.717) is 5.56 Å². The van der Waals surface area contributed by atoms with Crippen LogP contribution in [0.3, 0.4) is 0 Å². The summed E-state index contributed by atoms with van der Waals surface area (Å²) >= 11 is 0. The summed E-state index contributed by atoms with van der Waals surface area (Å²) in [4.78, 5) is 23.6. The van der Waals surface area contributed by atoms with Crippen LogP contribution >= 0.6 is 0 Å². The van der Waals surface area contributed by atoms with Crippen LogP contribution in [0.25, 0.3) is 0 Å². The molecular formula is C22H29N3O5S. The summed E-state index contributed by atoms with van der Waals surface area (Å²) < 4.78 is 26.1. The van der Waals surface area contributed by atoms with Crippen LogP contribution in [0.5, 0.6) is 0 Å². The molecule has 0 spiro atoms. The van der Waals surface area contributed by atoms with Crippen molar-refractivity contribution in [3.8, 4) is 0 Å². The Morgan fingerprint density at radius 1 is 1.00 bits per heavy atom. The molecule has 0 radical (unpaired) electrons. The maximum atomic E-state index is 13.0. The summed E-state index contributed by atoms with van der Waals surface area (Å²) in [7, 11) is -3.90. The first-order valence-corrected chi connectivity index (χ1v) is 11.7. The van der Waals surface area contributed by atoms with Gasteiger partial charge in [0, 0.05) is 12.1 Å². The van der Waals surface area contributed by atoms with Crippen molar-refractivity contribution in [2.75, 3.05) is 10.6 Å². The van der Waals surface area contributed by atoms with Gasteiger partial charge in [0.15, 0.2) is 0 Å². The smallest absolute Gasteiger partial charge is 0.271 e. The van der Waals surface area contributed by atoms with Gasteiger partial charge in [-0.2, -0.15) is 0 Å². The molecule has 0 aliphatic carbocycles. The number of sulfonamides is 1. The van der Waals surface area contributed by atoms with E-state index in [1.54, 1.807) is 6.92 Å². The first-order valence-electron chi connectivity index (χ1n) is 9.86. The molecule has 2 aromatic rings. The van der Waals surface area contributed by atoms with Gasteiger partial charge in [-0.15, -0.1) is 0 Å². The van der Waals surface area contributed by atoms with Crippen molar-refractivity contribution >= 4 is 27.3 Å². The Labute approximate surface area is 183 Å². The third kappa shape index (κ3) is 5.41. The van der Waals surface area contributed by atoms with Crippen molar-refractivity contribution in [1.29, 1.82) is 0 Å². The number of nitro groups is 1. The van der Waals surface area contributed by atoms with Gasteiger partial charge in [0.1, 0.15) is 6.04 Å². The van der Waals surface area contributed by atoms with Gasteiger partial charge in [-0.1, -0.05) is 18.2 Å². The molecule has 1 N–H and O–H groups in total. The molecule has 0 aromatic heterocycles. The number of nitro benzene ring substituents is 1. The first-order chi connectivity index (χ1) is 14.2. The number of non-ortho nitro benzene ring substituents is 1. The maximum Gasteiger partial charge on any atom is 0.271 e. The number of rotatable bonds is 7. The number of nitrogens with one attached hydrogen (secondary N) is 1. The van der Waals surface area contributed by atoms with Gasteiger partial charge in [0.05, 0.1) is 22.9 Å². The van der Waals surface area contributed by atoms with Crippen LogP contribution in [0.1, 0.15) is 47.7 Å². The first kappa shape index (κ1) is 24.3. The van der Waals surface area contributed by atoms with Gasteiger partial charge in [-0.25, -0.2) is 8.42 Å². The minimum absolute atomic E-state index is 0.106. The molecule has 0 fully saturated rings. The molecule has 2 aromatic carbocycles. The van der Waals surface area contributed by atoms with E-state index in [9.17, 15) is 23.3 Å². The Bertz CT molecular complexity index is 1130. The van der Waals surface area contributed by atoms with Crippen LogP contribution < -0.4 is 9.62 Å². The summed E-state index contributed by atoms with van der Waals surface area (Å²) in [5.74, 6) is -0.499. The Morgan fingerprint density at radius 3 is 2.13 bits per heavy atom. The fraction of sp³-hybridized carbons (Fsp3) is 0.409. The van der Waals surface area contributed by atoms with Crippen LogP contribution in [0, 0.1) is 37.8 Å². The predicted molar refractivity (Wildman–Crippen MR) is 122 cm³/mol. The molecule has 8 nitrogen and oxygen atoms in total. The second-order valence-corrected chi connectivity index (χ2v) is 9.85. The molecule has 168 valence electrons. The summed E-state index contributed by atoms with van der Waals surface area (Å²) in [6, 6.07) is 6.56. The molecule has 9 heteroatoms. The van der Waals surface area contributed by atoms with E-state index < -0.39 is 26.9 Å². The molecule has 0 heterocycles. The van der Waals surface area contributed by atoms with E-state index in [2.05, 4.69) is 5.32 Å². The highest BCUT2D eigenvalue weighted by Gasteiger charge is 2.32. The summed E-state index contributed by atoms with van der Waals surface area (Å²) in [6.45, 7) is 10.9. The molecule has 0 saturated heterocycles. The highest BCUT2D eigenvalue weighted by Crippen LogP contribution is 2.30. The van der Waals surface area contributed by atoms with Crippen LogP contribution in [-0.4, -0.2) is 31.5 Å². The number of carbonyl (C=O) groups is 1. The molecule has 0 bridgehead atoms. The number of benzene rings is 2. The second kappa shape index (κ2) is 9.05. The SMILES string of the molecule is Cc1cc(C)c([C@H](C)NC(=O)[C@H](C)N(c2cc([N+](=O)[O-])ccc2C)S(C)(=O)=O)cc1C. The molecule has 0 aliphatic heterocycles. The number of nitrogens with zero attached hydrogens (tertiary/aromatic N) is 2. The summed E-state index contributed by atoms with van der Waals surface area (Å²) in [6.07, 6.45) is 0.978. The fourth-order valence-electron chi connectivity index (χ4n) is 3.59. The Kier molecular flexibility index (Phi) is 7.10. The molecule has 2 rings (SSSR count). The average Bonchev–Trinajstić information content (AvgIpc) is 2.64. The zero-order valence-electron chi connectivity index (χ0n) is 18.9. The lowest BCUT2D eigenvalue weighted by Crippen LogP contribution is -2.48. The molecule has 0 unspecified atom stereocenters. The van der Waals surface area contributed by atoms with Crippen molar-refractivity contribution < 1.29 is 18.1 Å². The number of hydrogen-bond donors (Lipinski definition) is 1. The van der Waals surface area contributed by atoms with E-state index in [0.717, 1.165) is 32.8 Å². The average molecular weight is 448 g/mol. The molecule has 1 amide bonds. The molecular weight excluding hydrogens is 418 g/mol. The molecule has 0 aliphatic rings. The van der Waals surface area contributed by atoms with Gasteiger partial charge in [0.25, 0.3) is 5.69 Å². The highest BCUT2D eigenvalue weighted by atomic mass is 32.2. The van der Waals surface area contributed by atoms with Gasteiger partial charge < -0.3 is 5.32 Å². The standard InChI is InChI=1S/C22H29N3O5S/c1-13-8-9-19(25(27)28)12-21(13)24(31(7,29)30)18(6)22(26)23-17(5)20-11-15(3)14(2)10-16(20)4/h8-12,17-18H,1-7H3,(H,23,26)/t17-,18-/m0/s1. The summed E-state index contributed by atoms with van der Waals surface area (Å²) in [5.41, 5.74) is 4.58. The molecule has 0 saturated carbocycles. The highest BCUT2D eigenvalue weighted by molar-refractivity contribution is 7.92. The van der Waals surface area contributed by atoms with Gasteiger partial charge >= 0.3 is 0 Å². The zero-order chi connectivity index (χ0) is 23.7. The summed E-state index contributed by atoms with van der Waals surface area (Å²) in [5, 5.41) is 14.1. The Morgan fingerprint density at radius 2 is 1.58 bits per heavy atom. The van der Waals surface area contributed by atoms with E-state index in [4.69, 9.17) is 0 Å². The maximum absolute atomic E-state index is 13.0. The number of hydrogen-bond acceptors (Lipinski definition) is 5. The topological polar surface area (TPSA) is 110 Å². The van der Waals surface area contributed by atoms with Gasteiger partial charge in [-0.05, 0) is 69.4 Å². The third-order valence-corrected chi connectivity index (χ3v) is 6.66. The minimum atomic E-state index is -3.90. The van der Waals surface area contributed by atoms with Crippen molar-refractivity contribution in [1.82, 2.24) is 5.32 Å². The Hall–Kier alpha value is -2.94. The Balaban J connectivity index is 2.40. The van der Waals surface area contributed by atoms with E-state index in [-0.39, 0.29) is 17.4 Å². The number of carbonyl (C=O) groups excluding carboxylic acids is 1.